The molecular formula is C13H16F3N3O. The molecule has 1 amide bonds. The van der Waals surface area contributed by atoms with Crippen molar-refractivity contribution in [1.29, 1.82) is 0 Å². The molecule has 0 aromatic heterocycles. The topological polar surface area (TPSA) is 58.4 Å². The molecule has 110 valence electrons. The minimum atomic E-state index is -4.81. The Balaban J connectivity index is 1.86. The standard InChI is InChI=1S/C13H16F3N3O/c14-13(15,16)12(20)18-10-5-7-19(8-6-10)11-3-1-9(17)2-4-11/h1-4,10H,5-8,17H2,(H,18,20). The van der Waals surface area contributed by atoms with Crippen LogP contribution < -0.4 is 16.0 Å². The van der Waals surface area contributed by atoms with E-state index in [9.17, 15) is 18.0 Å². The molecule has 0 unspecified atom stereocenters. The minimum absolute atomic E-state index is 0.422. The molecule has 1 fully saturated rings. The van der Waals surface area contributed by atoms with Crippen molar-refractivity contribution in [3.63, 3.8) is 0 Å². The third-order valence-corrected chi connectivity index (χ3v) is 3.35. The van der Waals surface area contributed by atoms with Crippen molar-refractivity contribution in [2.24, 2.45) is 0 Å². The van der Waals surface area contributed by atoms with Gasteiger partial charge in [0.25, 0.3) is 0 Å². The van der Waals surface area contributed by atoms with Gasteiger partial charge in [0, 0.05) is 30.5 Å². The summed E-state index contributed by atoms with van der Waals surface area (Å²) >= 11 is 0. The number of rotatable bonds is 2. The Morgan fingerprint density at radius 2 is 1.75 bits per heavy atom. The lowest BCUT2D eigenvalue weighted by Crippen LogP contribution is -2.48. The highest BCUT2D eigenvalue weighted by molar-refractivity contribution is 5.81. The number of carbonyl (C=O) groups excluding carboxylic acids is 1. The maximum Gasteiger partial charge on any atom is 0.471 e. The lowest BCUT2D eigenvalue weighted by Gasteiger charge is -2.34. The van der Waals surface area contributed by atoms with Crippen LogP contribution in [0.15, 0.2) is 24.3 Å². The first-order valence-electron chi connectivity index (χ1n) is 6.34. The molecule has 0 spiro atoms. The van der Waals surface area contributed by atoms with Gasteiger partial charge in [-0.2, -0.15) is 13.2 Å². The van der Waals surface area contributed by atoms with Gasteiger partial charge < -0.3 is 16.0 Å². The number of nitrogens with zero attached hydrogens (tertiary/aromatic N) is 1. The van der Waals surface area contributed by atoms with Crippen LogP contribution in [-0.2, 0) is 4.79 Å². The third-order valence-electron chi connectivity index (χ3n) is 3.35. The summed E-state index contributed by atoms with van der Waals surface area (Å²) in [6, 6.07) is 6.90. The molecule has 0 bridgehead atoms. The van der Waals surface area contributed by atoms with Gasteiger partial charge in [-0.05, 0) is 37.1 Å². The number of alkyl halides is 3. The van der Waals surface area contributed by atoms with Crippen molar-refractivity contribution in [2.75, 3.05) is 23.7 Å². The van der Waals surface area contributed by atoms with Gasteiger partial charge in [-0.25, -0.2) is 0 Å². The van der Waals surface area contributed by atoms with Crippen LogP contribution >= 0.6 is 0 Å². The maximum atomic E-state index is 12.1. The monoisotopic (exact) mass is 287 g/mol. The summed E-state index contributed by atoms with van der Waals surface area (Å²) in [4.78, 5) is 12.9. The second-order valence-electron chi connectivity index (χ2n) is 4.82. The van der Waals surface area contributed by atoms with Crippen LogP contribution in [0, 0.1) is 0 Å². The lowest BCUT2D eigenvalue weighted by atomic mass is 10.0. The Kier molecular flexibility index (Phi) is 4.06. The zero-order chi connectivity index (χ0) is 14.8. The van der Waals surface area contributed by atoms with Gasteiger partial charge >= 0.3 is 12.1 Å². The number of nitrogen functional groups attached to an aromatic ring is 1. The van der Waals surface area contributed by atoms with E-state index < -0.39 is 18.1 Å². The SMILES string of the molecule is Nc1ccc(N2CCC(NC(=O)C(F)(F)F)CC2)cc1. The number of benzene rings is 1. The summed E-state index contributed by atoms with van der Waals surface area (Å²) < 4.78 is 36.4. The summed E-state index contributed by atoms with van der Waals surface area (Å²) in [5.41, 5.74) is 7.25. The Labute approximate surface area is 114 Å². The number of piperidine rings is 1. The fourth-order valence-corrected chi connectivity index (χ4v) is 2.23. The number of hydrogen-bond acceptors (Lipinski definition) is 3. The van der Waals surface area contributed by atoms with Crippen molar-refractivity contribution < 1.29 is 18.0 Å². The largest absolute Gasteiger partial charge is 0.471 e. The summed E-state index contributed by atoms with van der Waals surface area (Å²) in [5.74, 6) is -1.86. The van der Waals surface area contributed by atoms with E-state index >= 15 is 0 Å². The summed E-state index contributed by atoms with van der Waals surface area (Å²) in [6.45, 7) is 1.21. The highest BCUT2D eigenvalue weighted by Crippen LogP contribution is 2.22. The first kappa shape index (κ1) is 14.5. The van der Waals surface area contributed by atoms with Crippen LogP contribution in [0.25, 0.3) is 0 Å². The van der Waals surface area contributed by atoms with Crippen LogP contribution in [0.3, 0.4) is 0 Å². The Morgan fingerprint density at radius 1 is 1.20 bits per heavy atom. The van der Waals surface area contributed by atoms with E-state index in [-0.39, 0.29) is 0 Å². The number of halogens is 3. The van der Waals surface area contributed by atoms with Crippen LogP contribution in [0.5, 0.6) is 0 Å². The average molecular weight is 287 g/mol. The summed E-state index contributed by atoms with van der Waals surface area (Å²) in [5, 5.41) is 2.03. The van der Waals surface area contributed by atoms with E-state index in [0.717, 1.165) is 5.69 Å². The Morgan fingerprint density at radius 3 is 2.25 bits per heavy atom. The zero-order valence-electron chi connectivity index (χ0n) is 10.8. The zero-order valence-corrected chi connectivity index (χ0v) is 10.8. The van der Waals surface area contributed by atoms with Crippen molar-refractivity contribution in [3.05, 3.63) is 24.3 Å². The van der Waals surface area contributed by atoms with Crippen molar-refractivity contribution in [1.82, 2.24) is 5.32 Å². The minimum Gasteiger partial charge on any atom is -0.399 e. The van der Waals surface area contributed by atoms with E-state index in [1.807, 2.05) is 17.4 Å². The maximum absolute atomic E-state index is 12.1. The molecule has 4 nitrogen and oxygen atoms in total. The fraction of sp³-hybridized carbons (Fsp3) is 0.462. The van der Waals surface area contributed by atoms with Crippen molar-refractivity contribution >= 4 is 17.3 Å². The molecule has 2 rings (SSSR count). The highest BCUT2D eigenvalue weighted by atomic mass is 19.4. The number of amides is 1. The normalized spacial score (nSPS) is 17.1. The molecule has 0 atom stereocenters. The molecule has 1 saturated heterocycles. The molecule has 1 aromatic carbocycles. The van der Waals surface area contributed by atoms with Gasteiger partial charge in [-0.3, -0.25) is 4.79 Å². The number of anilines is 2. The molecule has 0 aliphatic carbocycles. The van der Waals surface area contributed by atoms with E-state index in [2.05, 4.69) is 4.90 Å². The van der Waals surface area contributed by atoms with Crippen LogP contribution in [0.1, 0.15) is 12.8 Å². The molecule has 1 aliphatic heterocycles. The molecule has 1 heterocycles. The van der Waals surface area contributed by atoms with E-state index in [0.29, 0.717) is 31.6 Å². The fourth-order valence-electron chi connectivity index (χ4n) is 2.23. The molecule has 20 heavy (non-hydrogen) atoms. The summed E-state index contributed by atoms with van der Waals surface area (Å²) in [6.07, 6.45) is -3.83. The number of hydrogen-bond donors (Lipinski definition) is 2. The van der Waals surface area contributed by atoms with Crippen LogP contribution in [0.4, 0.5) is 24.5 Å². The first-order chi connectivity index (χ1) is 9.36. The number of nitrogens with two attached hydrogens (primary N) is 1. The Hall–Kier alpha value is -1.92. The van der Waals surface area contributed by atoms with Gasteiger partial charge in [0.1, 0.15) is 0 Å². The highest BCUT2D eigenvalue weighted by Gasteiger charge is 2.40. The van der Waals surface area contributed by atoms with Gasteiger partial charge in [-0.15, -0.1) is 0 Å². The van der Waals surface area contributed by atoms with Gasteiger partial charge in [0.15, 0.2) is 0 Å². The lowest BCUT2D eigenvalue weighted by molar-refractivity contribution is -0.174. The van der Waals surface area contributed by atoms with E-state index in [1.165, 1.54) is 0 Å². The molecule has 0 saturated carbocycles. The molecule has 1 aliphatic rings. The second kappa shape index (κ2) is 5.60. The van der Waals surface area contributed by atoms with Gasteiger partial charge in [0.05, 0.1) is 0 Å². The van der Waals surface area contributed by atoms with Gasteiger partial charge in [-0.1, -0.05) is 0 Å². The van der Waals surface area contributed by atoms with Crippen LogP contribution in [-0.4, -0.2) is 31.2 Å². The Bertz CT molecular complexity index is 465. The van der Waals surface area contributed by atoms with Crippen molar-refractivity contribution in [2.45, 2.75) is 25.1 Å². The molecule has 7 heteroatoms. The summed E-state index contributed by atoms with van der Waals surface area (Å²) in [7, 11) is 0. The van der Waals surface area contributed by atoms with E-state index in [4.69, 9.17) is 5.73 Å². The van der Waals surface area contributed by atoms with Crippen molar-refractivity contribution in [3.8, 4) is 0 Å². The van der Waals surface area contributed by atoms with Gasteiger partial charge in [0.2, 0.25) is 0 Å². The predicted molar refractivity (Wildman–Crippen MR) is 70.3 cm³/mol. The molecule has 3 N–H and O–H groups in total. The number of carbonyl (C=O) groups is 1. The smallest absolute Gasteiger partial charge is 0.399 e. The molecular weight excluding hydrogens is 271 g/mol. The third kappa shape index (κ3) is 3.55. The molecule has 1 aromatic rings. The quantitative estimate of drug-likeness (QED) is 0.817. The second-order valence-corrected chi connectivity index (χ2v) is 4.82. The predicted octanol–water partition coefficient (Wildman–Crippen LogP) is 1.92. The van der Waals surface area contributed by atoms with E-state index in [1.54, 1.807) is 12.1 Å². The first-order valence-corrected chi connectivity index (χ1v) is 6.34. The molecule has 0 radical (unpaired) electrons. The average Bonchev–Trinajstić information content (AvgIpc) is 2.39. The van der Waals surface area contributed by atoms with Crippen LogP contribution in [0.2, 0.25) is 0 Å². The number of nitrogens with one attached hydrogen (secondary N) is 1.